The van der Waals surface area contributed by atoms with Crippen LogP contribution in [0.25, 0.3) is 0 Å². The van der Waals surface area contributed by atoms with Crippen LogP contribution in [-0.4, -0.2) is 35.2 Å². The molecule has 1 fully saturated rings. The van der Waals surface area contributed by atoms with Crippen LogP contribution in [0.5, 0.6) is 0 Å². The van der Waals surface area contributed by atoms with E-state index in [4.69, 9.17) is 4.42 Å². The molecule has 3 amide bonds. The maximum Gasteiger partial charge on any atom is 0.287 e. The van der Waals surface area contributed by atoms with Crippen molar-refractivity contribution in [1.82, 2.24) is 15.5 Å². The normalized spacial score (nSPS) is 14.3. The lowest BCUT2D eigenvalue weighted by molar-refractivity contribution is -0.141. The Morgan fingerprint density at radius 3 is 2.42 bits per heavy atom. The minimum atomic E-state index is -0.926. The number of halogens is 1. The van der Waals surface area contributed by atoms with Crippen molar-refractivity contribution >= 4 is 17.7 Å². The van der Waals surface area contributed by atoms with E-state index < -0.39 is 23.7 Å². The third kappa shape index (κ3) is 6.19. The van der Waals surface area contributed by atoms with E-state index in [-0.39, 0.29) is 30.8 Å². The van der Waals surface area contributed by atoms with Gasteiger partial charge in [0.2, 0.25) is 11.8 Å². The van der Waals surface area contributed by atoms with Crippen LogP contribution in [0.15, 0.2) is 71.3 Å². The first-order valence-electron chi connectivity index (χ1n) is 12.1. The molecule has 0 spiro atoms. The highest BCUT2D eigenvalue weighted by Crippen LogP contribution is 2.28. The fourth-order valence-electron chi connectivity index (χ4n) is 4.56. The van der Waals surface area contributed by atoms with Crippen LogP contribution in [0, 0.1) is 12.7 Å². The molecule has 0 saturated heterocycles. The molecule has 1 heterocycles. The molecule has 1 saturated carbocycles. The molecule has 8 heteroatoms. The molecule has 1 atom stereocenters. The Hall–Kier alpha value is -3.94. The van der Waals surface area contributed by atoms with Crippen LogP contribution in [0.4, 0.5) is 4.39 Å². The van der Waals surface area contributed by atoms with Gasteiger partial charge in [-0.15, -0.1) is 0 Å². The summed E-state index contributed by atoms with van der Waals surface area (Å²) in [7, 11) is 0. The van der Waals surface area contributed by atoms with Gasteiger partial charge >= 0.3 is 0 Å². The molecule has 3 aromatic rings. The molecule has 0 radical (unpaired) electrons. The Morgan fingerprint density at radius 1 is 1.03 bits per heavy atom. The van der Waals surface area contributed by atoms with Gasteiger partial charge in [-0.25, -0.2) is 4.39 Å². The van der Waals surface area contributed by atoms with Gasteiger partial charge in [0.25, 0.3) is 5.91 Å². The van der Waals surface area contributed by atoms with Gasteiger partial charge in [0, 0.05) is 12.6 Å². The summed E-state index contributed by atoms with van der Waals surface area (Å²) < 4.78 is 18.7. The molecular weight excluding hydrogens is 461 g/mol. The smallest absolute Gasteiger partial charge is 0.287 e. The lowest BCUT2D eigenvalue weighted by atomic mass is 9.97. The van der Waals surface area contributed by atoms with E-state index in [1.54, 1.807) is 18.2 Å². The van der Waals surface area contributed by atoms with Gasteiger partial charge < -0.3 is 20.0 Å². The Bertz CT molecular complexity index is 1190. The number of hydrogen-bond donors (Lipinski definition) is 2. The van der Waals surface area contributed by atoms with Crippen LogP contribution in [-0.2, 0) is 16.1 Å². The van der Waals surface area contributed by atoms with E-state index in [1.807, 2.05) is 31.2 Å². The Labute approximate surface area is 209 Å². The summed E-state index contributed by atoms with van der Waals surface area (Å²) in [5, 5.41) is 5.70. The molecule has 188 valence electrons. The van der Waals surface area contributed by atoms with Crippen molar-refractivity contribution in [1.29, 1.82) is 0 Å². The maximum atomic E-state index is 13.7. The molecule has 4 rings (SSSR count). The number of benzene rings is 2. The number of carbonyl (C=O) groups is 3. The fraction of sp³-hybridized carbons (Fsp3) is 0.321. The first kappa shape index (κ1) is 25.2. The summed E-state index contributed by atoms with van der Waals surface area (Å²) in [5.41, 5.74) is 2.22. The van der Waals surface area contributed by atoms with E-state index in [1.165, 1.54) is 29.4 Å². The second-order valence-corrected chi connectivity index (χ2v) is 9.06. The highest BCUT2D eigenvalue weighted by molar-refractivity contribution is 5.95. The van der Waals surface area contributed by atoms with E-state index >= 15 is 0 Å². The number of carbonyl (C=O) groups excluding carboxylic acids is 3. The van der Waals surface area contributed by atoms with Crippen molar-refractivity contribution in [2.75, 3.05) is 6.54 Å². The van der Waals surface area contributed by atoms with Crippen LogP contribution < -0.4 is 10.6 Å². The molecule has 0 unspecified atom stereocenters. The minimum Gasteiger partial charge on any atom is -0.459 e. The lowest BCUT2D eigenvalue weighted by Gasteiger charge is -2.33. The van der Waals surface area contributed by atoms with Crippen LogP contribution >= 0.6 is 0 Å². The van der Waals surface area contributed by atoms with Crippen molar-refractivity contribution in [2.45, 2.75) is 51.2 Å². The standard InChI is InChI=1S/C28H30FN3O4/c1-19-7-2-5-10-23(19)26(28(35)31-22-8-3-4-9-22)32(18-20-12-14-21(29)15-13-20)25(33)17-30-27(34)24-11-6-16-36-24/h2,5-7,10-16,22,26H,3-4,8-9,17-18H2,1H3,(H,30,34)(H,31,35)/t26-/m1/s1. The molecule has 1 aliphatic carbocycles. The van der Waals surface area contributed by atoms with Crippen molar-refractivity contribution in [2.24, 2.45) is 0 Å². The summed E-state index contributed by atoms with van der Waals surface area (Å²) in [6, 6.07) is 15.5. The maximum absolute atomic E-state index is 13.7. The topological polar surface area (TPSA) is 91.7 Å². The van der Waals surface area contributed by atoms with Gasteiger partial charge in [0.05, 0.1) is 12.8 Å². The van der Waals surface area contributed by atoms with Gasteiger partial charge in [-0.1, -0.05) is 49.2 Å². The van der Waals surface area contributed by atoms with E-state index in [0.717, 1.165) is 31.2 Å². The third-order valence-corrected chi connectivity index (χ3v) is 6.48. The first-order valence-corrected chi connectivity index (χ1v) is 12.1. The minimum absolute atomic E-state index is 0.0606. The molecule has 1 aromatic heterocycles. The number of aryl methyl sites for hydroxylation is 1. The van der Waals surface area contributed by atoms with E-state index in [0.29, 0.717) is 11.1 Å². The van der Waals surface area contributed by atoms with Gasteiger partial charge in [0.1, 0.15) is 11.9 Å². The van der Waals surface area contributed by atoms with Crippen LogP contribution in [0.2, 0.25) is 0 Å². The van der Waals surface area contributed by atoms with Crippen LogP contribution in [0.3, 0.4) is 0 Å². The zero-order valence-corrected chi connectivity index (χ0v) is 20.2. The second kappa shape index (κ2) is 11.7. The van der Waals surface area contributed by atoms with Gasteiger partial charge in [-0.05, 0) is 60.7 Å². The largest absolute Gasteiger partial charge is 0.459 e. The zero-order valence-electron chi connectivity index (χ0n) is 20.2. The van der Waals surface area contributed by atoms with Gasteiger partial charge in [-0.3, -0.25) is 14.4 Å². The molecule has 1 aliphatic rings. The molecule has 0 bridgehead atoms. The first-order chi connectivity index (χ1) is 17.4. The predicted octanol–water partition coefficient (Wildman–Crippen LogP) is 4.29. The van der Waals surface area contributed by atoms with Crippen molar-refractivity contribution in [3.63, 3.8) is 0 Å². The molecule has 7 nitrogen and oxygen atoms in total. The Kier molecular flexibility index (Phi) is 8.15. The highest BCUT2D eigenvalue weighted by Gasteiger charge is 2.34. The predicted molar refractivity (Wildman–Crippen MR) is 132 cm³/mol. The number of nitrogens with zero attached hydrogens (tertiary/aromatic N) is 1. The number of hydrogen-bond acceptors (Lipinski definition) is 4. The number of rotatable bonds is 9. The summed E-state index contributed by atoms with van der Waals surface area (Å²) in [6.07, 6.45) is 5.28. The van der Waals surface area contributed by atoms with Gasteiger partial charge in [0.15, 0.2) is 5.76 Å². The number of amides is 3. The number of nitrogens with one attached hydrogen (secondary N) is 2. The highest BCUT2D eigenvalue weighted by atomic mass is 19.1. The molecule has 0 aliphatic heterocycles. The third-order valence-electron chi connectivity index (χ3n) is 6.48. The Balaban J connectivity index is 1.65. The van der Waals surface area contributed by atoms with Crippen molar-refractivity contribution in [3.8, 4) is 0 Å². The summed E-state index contributed by atoms with van der Waals surface area (Å²) in [5.74, 6) is -1.56. The Morgan fingerprint density at radius 2 is 1.75 bits per heavy atom. The molecular formula is C28H30FN3O4. The van der Waals surface area contributed by atoms with E-state index in [2.05, 4.69) is 10.6 Å². The zero-order chi connectivity index (χ0) is 25.5. The monoisotopic (exact) mass is 491 g/mol. The van der Waals surface area contributed by atoms with E-state index in [9.17, 15) is 18.8 Å². The van der Waals surface area contributed by atoms with Crippen molar-refractivity contribution < 1.29 is 23.2 Å². The number of furan rings is 1. The van der Waals surface area contributed by atoms with Crippen LogP contribution in [0.1, 0.15) is 59.0 Å². The SMILES string of the molecule is Cc1ccccc1[C@H](C(=O)NC1CCCC1)N(Cc1ccc(F)cc1)C(=O)CNC(=O)c1ccco1. The summed E-state index contributed by atoms with van der Waals surface area (Å²) in [4.78, 5) is 41.1. The molecule has 36 heavy (non-hydrogen) atoms. The molecule has 2 aromatic carbocycles. The fourth-order valence-corrected chi connectivity index (χ4v) is 4.56. The second-order valence-electron chi connectivity index (χ2n) is 9.06. The average Bonchev–Trinajstić information content (AvgIpc) is 3.59. The summed E-state index contributed by atoms with van der Waals surface area (Å²) in [6.45, 7) is 1.62. The molecule has 2 N–H and O–H groups in total. The summed E-state index contributed by atoms with van der Waals surface area (Å²) >= 11 is 0. The van der Waals surface area contributed by atoms with Gasteiger partial charge in [-0.2, -0.15) is 0 Å². The quantitative estimate of drug-likeness (QED) is 0.467. The lowest BCUT2D eigenvalue weighted by Crippen LogP contribution is -2.48. The average molecular weight is 492 g/mol. The van der Waals surface area contributed by atoms with Crippen molar-refractivity contribution in [3.05, 3.63) is 95.2 Å².